The first-order chi connectivity index (χ1) is 13.1. The van der Waals surface area contributed by atoms with Crippen LogP contribution in [0.4, 0.5) is 0 Å². The van der Waals surface area contributed by atoms with E-state index in [0.29, 0.717) is 5.41 Å². The van der Waals surface area contributed by atoms with Gasteiger partial charge in [0.05, 0.1) is 0 Å². The highest BCUT2D eigenvalue weighted by atomic mass is 14.6. The van der Waals surface area contributed by atoms with Crippen LogP contribution >= 0.6 is 0 Å². The molecule has 0 aliphatic heterocycles. The Morgan fingerprint density at radius 1 is 0.741 bits per heavy atom. The molecule has 0 bridgehead atoms. The van der Waals surface area contributed by atoms with Crippen LogP contribution < -0.4 is 5.73 Å². The molecule has 0 aromatic carbocycles. The Labute approximate surface area is 170 Å². The zero-order chi connectivity index (χ0) is 19.5. The van der Waals surface area contributed by atoms with Crippen molar-refractivity contribution >= 4 is 0 Å². The lowest BCUT2D eigenvalue weighted by Crippen LogP contribution is -2.52. The van der Waals surface area contributed by atoms with Crippen LogP contribution in [0, 0.1) is 40.4 Å². The van der Waals surface area contributed by atoms with Gasteiger partial charge in [0.15, 0.2) is 0 Å². The molecule has 4 saturated carbocycles. The second-order valence-corrected chi connectivity index (χ2v) is 11.1. The maximum Gasteiger partial charge on any atom is -0.0195 e. The summed E-state index contributed by atoms with van der Waals surface area (Å²) >= 11 is 0. The molecule has 0 aromatic rings. The fourth-order valence-electron chi connectivity index (χ4n) is 8.70. The van der Waals surface area contributed by atoms with Gasteiger partial charge in [-0.2, -0.15) is 0 Å². The monoisotopic (exact) mass is 375 g/mol. The van der Waals surface area contributed by atoms with Crippen LogP contribution in [-0.2, 0) is 0 Å². The van der Waals surface area contributed by atoms with E-state index in [2.05, 4.69) is 26.5 Å². The van der Waals surface area contributed by atoms with Crippen molar-refractivity contribution in [2.24, 2.45) is 46.2 Å². The molecule has 0 heterocycles. The summed E-state index contributed by atoms with van der Waals surface area (Å²) in [5.41, 5.74) is 5.94. The molecule has 27 heavy (non-hydrogen) atoms. The van der Waals surface area contributed by atoms with Gasteiger partial charge in [-0.1, -0.05) is 59.3 Å². The predicted octanol–water partition coefficient (Wildman–Crippen LogP) is 7.58. The summed E-state index contributed by atoms with van der Waals surface area (Å²) < 4.78 is 0. The summed E-state index contributed by atoms with van der Waals surface area (Å²) in [4.78, 5) is 0. The van der Waals surface area contributed by atoms with Crippen LogP contribution in [0.3, 0.4) is 0 Å². The number of nitrogens with two attached hydrogens (primary N) is 1. The van der Waals surface area contributed by atoms with Crippen molar-refractivity contribution in [1.82, 2.24) is 0 Å². The summed E-state index contributed by atoms with van der Waals surface area (Å²) in [7, 11) is 1.50. The lowest BCUT2D eigenvalue weighted by molar-refractivity contribution is -0.111. The summed E-state index contributed by atoms with van der Waals surface area (Å²) in [6.45, 7) is 7.81. The average Bonchev–Trinajstić information content (AvgIpc) is 3.03. The second kappa shape index (κ2) is 9.19. The van der Waals surface area contributed by atoms with Crippen LogP contribution in [0.5, 0.6) is 0 Å². The summed E-state index contributed by atoms with van der Waals surface area (Å²) in [6, 6.07) is 0. The molecular formula is C26H49N. The topological polar surface area (TPSA) is 26.0 Å². The van der Waals surface area contributed by atoms with Gasteiger partial charge in [0.2, 0.25) is 0 Å². The van der Waals surface area contributed by atoms with Crippen molar-refractivity contribution in [3.05, 3.63) is 0 Å². The first-order valence-electron chi connectivity index (χ1n) is 12.7. The molecule has 0 saturated heterocycles. The van der Waals surface area contributed by atoms with Gasteiger partial charge in [0.1, 0.15) is 0 Å². The Morgan fingerprint density at radius 3 is 2.30 bits per heavy atom. The Bertz CT molecular complexity index is 459. The first kappa shape index (κ1) is 21.7. The van der Waals surface area contributed by atoms with Crippen molar-refractivity contribution in [1.29, 1.82) is 0 Å². The first-order valence-corrected chi connectivity index (χ1v) is 12.7. The quantitative estimate of drug-likeness (QED) is 0.492. The highest BCUT2D eigenvalue weighted by Crippen LogP contribution is 2.67. The molecule has 0 aromatic heterocycles. The van der Waals surface area contributed by atoms with E-state index < -0.39 is 0 Å². The maximum absolute atomic E-state index is 4.50. The van der Waals surface area contributed by atoms with Gasteiger partial charge in [-0.3, -0.25) is 0 Å². The van der Waals surface area contributed by atoms with E-state index in [4.69, 9.17) is 0 Å². The molecule has 0 radical (unpaired) electrons. The Morgan fingerprint density at radius 2 is 1.52 bits per heavy atom. The van der Waals surface area contributed by atoms with Crippen LogP contribution in [0.25, 0.3) is 0 Å². The number of hydrogen-bond donors (Lipinski definition) is 1. The number of unbranched alkanes of at least 4 members (excludes halogenated alkanes) is 3. The molecule has 1 nitrogen and oxygen atoms in total. The molecule has 1 heteroatoms. The lowest BCUT2D eigenvalue weighted by atomic mass is 9.45. The molecule has 4 aliphatic carbocycles. The van der Waals surface area contributed by atoms with Gasteiger partial charge in [-0.15, -0.1) is 0 Å². The molecule has 4 fully saturated rings. The molecule has 4 rings (SSSR count). The fourth-order valence-corrected chi connectivity index (χ4v) is 8.70. The van der Waals surface area contributed by atoms with Gasteiger partial charge < -0.3 is 5.73 Å². The maximum atomic E-state index is 4.50. The van der Waals surface area contributed by atoms with Crippen molar-refractivity contribution in [3.8, 4) is 0 Å². The zero-order valence-electron chi connectivity index (χ0n) is 19.1. The van der Waals surface area contributed by atoms with Crippen LogP contribution in [0.15, 0.2) is 0 Å². The van der Waals surface area contributed by atoms with Gasteiger partial charge in [0, 0.05) is 0 Å². The highest BCUT2D eigenvalue weighted by molar-refractivity contribution is 5.08. The molecule has 0 amide bonds. The molecular weight excluding hydrogens is 326 g/mol. The number of rotatable bonds is 5. The Balaban J connectivity index is 0.00000102. The SMILES string of the molecule is CCCCCCC1CCC2C3CCC4CCCCC4(C)C3CCC12C.CN. The molecule has 2 N–H and O–H groups in total. The van der Waals surface area contributed by atoms with Gasteiger partial charge in [-0.05, 0) is 105 Å². The van der Waals surface area contributed by atoms with E-state index in [0.717, 1.165) is 35.0 Å². The Hall–Kier alpha value is -0.0400. The van der Waals surface area contributed by atoms with Crippen molar-refractivity contribution in [2.45, 2.75) is 117 Å². The largest absolute Gasteiger partial charge is 0.333 e. The third kappa shape index (κ3) is 3.88. The summed E-state index contributed by atoms with van der Waals surface area (Å²) in [5, 5.41) is 0. The number of hydrogen-bond acceptors (Lipinski definition) is 1. The fraction of sp³-hybridized carbons (Fsp3) is 1.00. The van der Waals surface area contributed by atoms with Crippen LogP contribution in [-0.4, -0.2) is 7.05 Å². The normalized spacial score (nSPS) is 45.9. The standard InChI is InChI=1S/C25H44.CH5N/c1-4-5-6-7-10-20-13-15-22-21-14-12-19-11-8-9-17-24(19,2)23(21)16-18-25(20,22)3;1-2/h19-23H,4-18H2,1-3H3;2H2,1H3. The third-order valence-corrected chi connectivity index (χ3v) is 10.2. The van der Waals surface area contributed by atoms with Crippen LogP contribution in [0.1, 0.15) is 117 Å². The van der Waals surface area contributed by atoms with Gasteiger partial charge in [-0.25, -0.2) is 0 Å². The smallest absolute Gasteiger partial charge is 0.0195 e. The summed E-state index contributed by atoms with van der Waals surface area (Å²) in [5.74, 6) is 5.41. The minimum Gasteiger partial charge on any atom is -0.333 e. The van der Waals surface area contributed by atoms with Crippen LogP contribution in [0.2, 0.25) is 0 Å². The second-order valence-electron chi connectivity index (χ2n) is 11.1. The third-order valence-electron chi connectivity index (χ3n) is 10.2. The average molecular weight is 376 g/mol. The van der Waals surface area contributed by atoms with Crippen molar-refractivity contribution in [2.75, 3.05) is 7.05 Å². The number of fused-ring (bicyclic) bond motifs is 5. The summed E-state index contributed by atoms with van der Waals surface area (Å²) in [6.07, 6.45) is 23.0. The molecule has 0 spiro atoms. The van der Waals surface area contributed by atoms with Crippen molar-refractivity contribution < 1.29 is 0 Å². The molecule has 7 unspecified atom stereocenters. The van der Waals surface area contributed by atoms with Crippen molar-refractivity contribution in [3.63, 3.8) is 0 Å². The lowest BCUT2D eigenvalue weighted by Gasteiger charge is -2.60. The van der Waals surface area contributed by atoms with E-state index in [9.17, 15) is 0 Å². The molecule has 4 aliphatic rings. The van der Waals surface area contributed by atoms with E-state index in [1.165, 1.54) is 45.6 Å². The molecule has 7 atom stereocenters. The Kier molecular flexibility index (Phi) is 7.37. The predicted molar refractivity (Wildman–Crippen MR) is 119 cm³/mol. The van der Waals surface area contributed by atoms with E-state index in [-0.39, 0.29) is 0 Å². The minimum absolute atomic E-state index is 0.714. The van der Waals surface area contributed by atoms with E-state index >= 15 is 0 Å². The zero-order valence-corrected chi connectivity index (χ0v) is 19.1. The van der Waals surface area contributed by atoms with E-state index in [1.54, 1.807) is 57.8 Å². The minimum atomic E-state index is 0.714. The highest BCUT2D eigenvalue weighted by Gasteiger charge is 2.59. The molecule has 158 valence electrons. The van der Waals surface area contributed by atoms with E-state index in [1.807, 2.05) is 0 Å². The van der Waals surface area contributed by atoms with Gasteiger partial charge in [0.25, 0.3) is 0 Å². The van der Waals surface area contributed by atoms with Gasteiger partial charge >= 0.3 is 0 Å².